The normalized spacial score (nSPS) is 57.2. The Balaban J connectivity index is 1.95. The Hall–Kier alpha value is -0.0800. The van der Waals surface area contributed by atoms with Gasteiger partial charge in [-0.25, -0.2) is 0 Å². The molecule has 2 nitrogen and oxygen atoms in total. The summed E-state index contributed by atoms with van der Waals surface area (Å²) in [6.07, 6.45) is 6.79. The van der Waals surface area contributed by atoms with Crippen molar-refractivity contribution in [2.24, 2.45) is 17.6 Å². The van der Waals surface area contributed by atoms with Gasteiger partial charge < -0.3 is 10.5 Å². The van der Waals surface area contributed by atoms with Gasteiger partial charge >= 0.3 is 0 Å². The molecule has 2 N–H and O–H groups in total. The molecule has 4 aliphatic rings. The van der Waals surface area contributed by atoms with Gasteiger partial charge in [0.05, 0.1) is 6.10 Å². The molecule has 0 aromatic rings. The Morgan fingerprint density at radius 1 is 1.08 bits per heavy atom. The van der Waals surface area contributed by atoms with E-state index in [4.69, 9.17) is 10.5 Å². The number of rotatable bonds is 0. The molecule has 4 atom stereocenters. The van der Waals surface area contributed by atoms with Crippen LogP contribution in [0, 0.1) is 11.8 Å². The van der Waals surface area contributed by atoms with Gasteiger partial charge in [0.15, 0.2) is 0 Å². The lowest BCUT2D eigenvalue weighted by molar-refractivity contribution is 0.0247. The molecule has 12 heavy (non-hydrogen) atoms. The van der Waals surface area contributed by atoms with Crippen LogP contribution in [-0.2, 0) is 4.74 Å². The van der Waals surface area contributed by atoms with Gasteiger partial charge in [-0.1, -0.05) is 0 Å². The molecule has 2 aliphatic carbocycles. The standard InChI is InChI=1S/C10H17NO/c11-10-3-7-1-8(4-10)6-12-9(2-7)5-10/h7-9H,1-6,11H2. The van der Waals surface area contributed by atoms with Gasteiger partial charge in [-0.15, -0.1) is 0 Å². The molecular formula is C10H17NO. The second kappa shape index (κ2) is 2.24. The molecule has 2 saturated heterocycles. The summed E-state index contributed by atoms with van der Waals surface area (Å²) in [5.41, 5.74) is 6.50. The van der Waals surface area contributed by atoms with Crippen molar-refractivity contribution in [2.75, 3.05) is 6.61 Å². The van der Waals surface area contributed by atoms with Crippen LogP contribution in [-0.4, -0.2) is 18.2 Å². The topological polar surface area (TPSA) is 35.2 Å². The van der Waals surface area contributed by atoms with Crippen LogP contribution in [0.15, 0.2) is 0 Å². The molecule has 4 fully saturated rings. The minimum atomic E-state index is 0.160. The average Bonchev–Trinajstić information content (AvgIpc) is 2.14. The predicted octanol–water partition coefficient (Wildman–Crippen LogP) is 1.29. The van der Waals surface area contributed by atoms with Gasteiger partial charge in [-0.3, -0.25) is 0 Å². The van der Waals surface area contributed by atoms with Crippen molar-refractivity contribution in [2.45, 2.75) is 43.7 Å². The average molecular weight is 167 g/mol. The third kappa shape index (κ3) is 1.01. The molecule has 4 rings (SSSR count). The summed E-state index contributed by atoms with van der Waals surface area (Å²) in [4.78, 5) is 0. The van der Waals surface area contributed by atoms with E-state index in [1.807, 2.05) is 0 Å². The first-order valence-electron chi connectivity index (χ1n) is 5.14. The zero-order chi connectivity index (χ0) is 8.18. The zero-order valence-corrected chi connectivity index (χ0v) is 7.46. The van der Waals surface area contributed by atoms with Gasteiger partial charge in [-0.05, 0) is 43.9 Å². The summed E-state index contributed by atoms with van der Waals surface area (Å²) in [6, 6.07) is 0. The van der Waals surface area contributed by atoms with Crippen molar-refractivity contribution in [1.29, 1.82) is 0 Å². The molecule has 2 heteroatoms. The number of nitrogens with two attached hydrogens (primary N) is 1. The second-order valence-electron chi connectivity index (χ2n) is 5.13. The van der Waals surface area contributed by atoms with E-state index in [0.29, 0.717) is 6.10 Å². The van der Waals surface area contributed by atoms with Gasteiger partial charge in [0.1, 0.15) is 0 Å². The van der Waals surface area contributed by atoms with E-state index >= 15 is 0 Å². The van der Waals surface area contributed by atoms with E-state index in [2.05, 4.69) is 0 Å². The Kier molecular flexibility index (Phi) is 1.37. The van der Waals surface area contributed by atoms with Gasteiger partial charge in [0, 0.05) is 12.1 Å². The van der Waals surface area contributed by atoms with Crippen LogP contribution < -0.4 is 5.73 Å². The number of fused-ring (bicyclic) bond motifs is 1. The molecular weight excluding hydrogens is 150 g/mol. The molecule has 68 valence electrons. The third-order valence-electron chi connectivity index (χ3n) is 3.86. The van der Waals surface area contributed by atoms with Crippen molar-refractivity contribution in [1.82, 2.24) is 0 Å². The Morgan fingerprint density at radius 3 is 2.75 bits per heavy atom. The van der Waals surface area contributed by atoms with Crippen LogP contribution in [0.1, 0.15) is 32.1 Å². The molecule has 0 aromatic carbocycles. The molecule has 0 aromatic heterocycles. The predicted molar refractivity (Wildman–Crippen MR) is 46.7 cm³/mol. The van der Waals surface area contributed by atoms with E-state index in [1.165, 1.54) is 25.7 Å². The highest BCUT2D eigenvalue weighted by Crippen LogP contribution is 2.47. The summed E-state index contributed by atoms with van der Waals surface area (Å²) >= 11 is 0. The largest absolute Gasteiger partial charge is 0.378 e. The first kappa shape index (κ1) is 7.34. The van der Waals surface area contributed by atoms with Gasteiger partial charge in [-0.2, -0.15) is 0 Å². The Labute approximate surface area is 73.5 Å². The molecule has 2 heterocycles. The summed E-state index contributed by atoms with van der Waals surface area (Å²) in [5.74, 6) is 1.66. The molecule has 4 bridgehead atoms. The van der Waals surface area contributed by atoms with Crippen LogP contribution >= 0.6 is 0 Å². The summed E-state index contributed by atoms with van der Waals surface area (Å²) < 4.78 is 5.81. The second-order valence-corrected chi connectivity index (χ2v) is 5.13. The minimum absolute atomic E-state index is 0.160. The maximum Gasteiger partial charge on any atom is 0.0595 e. The molecule has 0 radical (unpaired) electrons. The molecule has 0 spiro atoms. The zero-order valence-electron chi connectivity index (χ0n) is 7.46. The molecule has 0 amide bonds. The van der Waals surface area contributed by atoms with E-state index < -0.39 is 0 Å². The lowest BCUT2D eigenvalue weighted by Gasteiger charge is -2.44. The van der Waals surface area contributed by atoms with Crippen molar-refractivity contribution < 1.29 is 4.74 Å². The van der Waals surface area contributed by atoms with Gasteiger partial charge in [0.2, 0.25) is 0 Å². The number of hydrogen-bond donors (Lipinski definition) is 1. The first-order chi connectivity index (χ1) is 5.73. The maximum absolute atomic E-state index is 6.34. The highest BCUT2D eigenvalue weighted by molar-refractivity contribution is 5.02. The van der Waals surface area contributed by atoms with E-state index in [1.54, 1.807) is 0 Å². The quantitative estimate of drug-likeness (QED) is 0.590. The minimum Gasteiger partial charge on any atom is -0.378 e. The SMILES string of the molecule is NC12CC3COC(CC(C3)C1)C2. The summed E-state index contributed by atoms with van der Waals surface area (Å²) in [7, 11) is 0. The highest BCUT2D eigenvalue weighted by atomic mass is 16.5. The summed E-state index contributed by atoms with van der Waals surface area (Å²) in [6.45, 7) is 0.986. The van der Waals surface area contributed by atoms with E-state index in [0.717, 1.165) is 24.9 Å². The van der Waals surface area contributed by atoms with Crippen LogP contribution in [0.4, 0.5) is 0 Å². The Bertz CT molecular complexity index is 188. The van der Waals surface area contributed by atoms with Crippen molar-refractivity contribution in [3.05, 3.63) is 0 Å². The number of ether oxygens (including phenoxy) is 1. The monoisotopic (exact) mass is 167 g/mol. The van der Waals surface area contributed by atoms with Crippen LogP contribution in [0.5, 0.6) is 0 Å². The fourth-order valence-corrected chi connectivity index (χ4v) is 3.65. The van der Waals surface area contributed by atoms with Crippen LogP contribution in [0.25, 0.3) is 0 Å². The highest BCUT2D eigenvalue weighted by Gasteiger charge is 2.46. The fourth-order valence-electron chi connectivity index (χ4n) is 3.65. The maximum atomic E-state index is 6.34. The number of hydrogen-bond acceptors (Lipinski definition) is 2. The third-order valence-corrected chi connectivity index (χ3v) is 3.86. The Morgan fingerprint density at radius 2 is 1.92 bits per heavy atom. The molecule has 4 unspecified atom stereocenters. The lowest BCUT2D eigenvalue weighted by Crippen LogP contribution is -2.51. The van der Waals surface area contributed by atoms with Gasteiger partial charge in [0.25, 0.3) is 0 Å². The smallest absolute Gasteiger partial charge is 0.0595 e. The fraction of sp³-hybridized carbons (Fsp3) is 1.00. The molecule has 2 saturated carbocycles. The first-order valence-corrected chi connectivity index (χ1v) is 5.14. The van der Waals surface area contributed by atoms with E-state index in [-0.39, 0.29) is 5.54 Å². The van der Waals surface area contributed by atoms with Crippen molar-refractivity contribution in [3.8, 4) is 0 Å². The van der Waals surface area contributed by atoms with Crippen molar-refractivity contribution in [3.63, 3.8) is 0 Å². The van der Waals surface area contributed by atoms with Crippen LogP contribution in [0.3, 0.4) is 0 Å². The van der Waals surface area contributed by atoms with E-state index in [9.17, 15) is 0 Å². The van der Waals surface area contributed by atoms with Crippen LogP contribution in [0.2, 0.25) is 0 Å². The summed E-state index contributed by atoms with van der Waals surface area (Å²) in [5, 5.41) is 0. The molecule has 2 aliphatic heterocycles. The van der Waals surface area contributed by atoms with Crippen molar-refractivity contribution >= 4 is 0 Å². The lowest BCUT2D eigenvalue weighted by atomic mass is 9.64.